The van der Waals surface area contributed by atoms with E-state index in [2.05, 4.69) is 5.32 Å². The molecule has 2 saturated carbocycles. The Morgan fingerprint density at radius 1 is 0.862 bits per heavy atom. The van der Waals surface area contributed by atoms with Crippen molar-refractivity contribution in [1.29, 1.82) is 0 Å². The minimum Gasteiger partial charge on any atom is -0.456 e. The number of aliphatic hydroxyl groups is 2. The van der Waals surface area contributed by atoms with Crippen molar-refractivity contribution in [3.8, 4) is 0 Å². The highest BCUT2D eigenvalue weighted by atomic mass is 16.6. The standard InChI is InChI=1S/C49H55BNO14/c1-8-50-65-34-24-35-48(26-60-35,64-29(4)53)40-42(63-44(57)32-22-16-11-17-23-32)49(59)25-33(27(2)36(46(49,5)6)39(61-28(3)52)41(55)47(34,40)7)62-45(58)38(54)37(30-18-12-9-13-19-30)51-43(56)31-20-14-10-15-21-31/h9-23,33-35,37-40,42,54,59H,8,24-26H2,1-7H3,(H,51,56)/t33-,34-,35+,37-,38+,39+,40-,42-,47+,48-,49+/m0/s1. The normalized spacial score (nSPS) is 30.9. The van der Waals surface area contributed by atoms with Gasteiger partial charge >= 0.3 is 23.9 Å². The van der Waals surface area contributed by atoms with Gasteiger partial charge in [0.05, 0.1) is 35.6 Å². The largest absolute Gasteiger partial charge is 0.456 e. The molecule has 0 aromatic heterocycles. The van der Waals surface area contributed by atoms with Crippen LogP contribution < -0.4 is 5.32 Å². The van der Waals surface area contributed by atoms with Gasteiger partial charge in [-0.25, -0.2) is 9.59 Å². The first-order valence-corrected chi connectivity index (χ1v) is 21.8. The number of amides is 1. The van der Waals surface area contributed by atoms with Crippen LogP contribution >= 0.6 is 0 Å². The number of ether oxygens (including phenoxy) is 5. The smallest absolute Gasteiger partial charge is 0.338 e. The molecule has 2 bridgehead atoms. The minimum atomic E-state index is -2.35. The van der Waals surface area contributed by atoms with Crippen molar-refractivity contribution in [3.63, 3.8) is 0 Å². The summed E-state index contributed by atoms with van der Waals surface area (Å²) in [5.74, 6) is -6.42. The molecule has 1 amide bonds. The first-order chi connectivity index (χ1) is 30.8. The van der Waals surface area contributed by atoms with E-state index in [1.807, 2.05) is 6.92 Å². The van der Waals surface area contributed by atoms with Crippen LogP contribution in [0.5, 0.6) is 0 Å². The summed E-state index contributed by atoms with van der Waals surface area (Å²) in [7, 11) is 1.51. The maximum absolute atomic E-state index is 15.9. The second kappa shape index (κ2) is 18.3. The molecular formula is C49H55BNO14. The quantitative estimate of drug-likeness (QED) is 0.0910. The molecule has 1 saturated heterocycles. The van der Waals surface area contributed by atoms with Gasteiger partial charge in [-0.3, -0.25) is 19.2 Å². The van der Waals surface area contributed by atoms with E-state index in [1.165, 1.54) is 26.5 Å². The fourth-order valence-electron chi connectivity index (χ4n) is 10.6. The number of ketones is 1. The van der Waals surface area contributed by atoms with Gasteiger partial charge in [-0.1, -0.05) is 93.8 Å². The van der Waals surface area contributed by atoms with Gasteiger partial charge < -0.3 is 43.9 Å². The van der Waals surface area contributed by atoms with Gasteiger partial charge in [0.15, 0.2) is 23.6 Å². The molecule has 16 heteroatoms. The first kappa shape index (κ1) is 47.3. The van der Waals surface area contributed by atoms with Crippen molar-refractivity contribution in [1.82, 2.24) is 5.32 Å². The maximum atomic E-state index is 15.9. The zero-order valence-corrected chi connectivity index (χ0v) is 37.5. The Kier molecular flexibility index (Phi) is 13.3. The second-order valence-electron chi connectivity index (χ2n) is 18.0. The summed E-state index contributed by atoms with van der Waals surface area (Å²) in [4.78, 5) is 84.7. The zero-order chi connectivity index (χ0) is 47.1. The van der Waals surface area contributed by atoms with Crippen LogP contribution in [0.25, 0.3) is 0 Å². The van der Waals surface area contributed by atoms with E-state index in [9.17, 15) is 34.2 Å². The Balaban J connectivity index is 1.41. The van der Waals surface area contributed by atoms with Gasteiger partial charge in [0.25, 0.3) is 13.4 Å². The third kappa shape index (κ3) is 8.30. The summed E-state index contributed by atoms with van der Waals surface area (Å²) in [6.45, 7) is 10.3. The molecule has 3 fully saturated rings. The minimum absolute atomic E-state index is 0.0238. The number of rotatable bonds is 13. The van der Waals surface area contributed by atoms with Crippen molar-refractivity contribution in [2.24, 2.45) is 16.7 Å². The van der Waals surface area contributed by atoms with Crippen LogP contribution in [0.15, 0.2) is 102 Å². The fraction of sp³-hybridized carbons (Fsp3) is 0.469. The second-order valence-corrected chi connectivity index (χ2v) is 18.0. The summed E-state index contributed by atoms with van der Waals surface area (Å²) in [6.07, 6.45) is -9.02. The summed E-state index contributed by atoms with van der Waals surface area (Å²) in [6, 6.07) is 23.2. The molecule has 1 radical (unpaired) electrons. The SMILES string of the molecule is CC[B]O[C@H]1C[C@H]2OC[C@@]2(OC(C)=O)[C@H]2[C@H](OC(=O)c3ccccc3)[C@]3(O)C[C@H](OC(=O)[C@H](O)[C@@H](NC(=O)c4ccccc4)c4ccccc4)C(C)=C([C@@H](OC(C)=O)C(=O)[C@]12C)C3(C)C. The van der Waals surface area contributed by atoms with Crippen LogP contribution in [0.3, 0.4) is 0 Å². The summed E-state index contributed by atoms with van der Waals surface area (Å²) >= 11 is 0. The molecule has 0 unspecified atom stereocenters. The van der Waals surface area contributed by atoms with Gasteiger partial charge in [-0.2, -0.15) is 0 Å². The molecule has 3 aromatic rings. The molecule has 3 aromatic carbocycles. The number of aliphatic hydroxyl groups excluding tert-OH is 1. The lowest BCUT2D eigenvalue weighted by atomic mass is 9.44. The number of Topliss-reactive ketones (excluding diaryl/α,β-unsaturated/α-hetero) is 1. The van der Waals surface area contributed by atoms with Crippen molar-refractivity contribution < 1.29 is 67.3 Å². The molecule has 3 aliphatic carbocycles. The lowest BCUT2D eigenvalue weighted by Gasteiger charge is -2.68. The molecule has 1 aliphatic heterocycles. The summed E-state index contributed by atoms with van der Waals surface area (Å²) in [5, 5.41) is 28.5. The van der Waals surface area contributed by atoms with E-state index in [-0.39, 0.29) is 35.3 Å². The Morgan fingerprint density at radius 2 is 1.46 bits per heavy atom. The summed E-state index contributed by atoms with van der Waals surface area (Å²) < 4.78 is 37.3. The number of carbonyl (C=O) groups excluding carboxylic acids is 6. The predicted octanol–water partition coefficient (Wildman–Crippen LogP) is 4.82. The first-order valence-electron chi connectivity index (χ1n) is 21.8. The molecule has 1 heterocycles. The van der Waals surface area contributed by atoms with Crippen LogP contribution in [0.1, 0.15) is 93.6 Å². The Labute approximate surface area is 378 Å². The van der Waals surface area contributed by atoms with E-state index in [0.29, 0.717) is 11.9 Å². The third-order valence-electron chi connectivity index (χ3n) is 13.9. The topological polar surface area (TPSA) is 210 Å². The highest BCUT2D eigenvalue weighted by molar-refractivity contribution is 6.27. The van der Waals surface area contributed by atoms with E-state index in [1.54, 1.807) is 107 Å². The number of carbonyl (C=O) groups is 6. The fourth-order valence-corrected chi connectivity index (χ4v) is 10.6. The Bertz CT molecular complexity index is 2340. The van der Waals surface area contributed by atoms with Gasteiger partial charge in [0.2, 0.25) is 0 Å². The highest BCUT2D eigenvalue weighted by Crippen LogP contribution is 2.65. The lowest BCUT2D eigenvalue weighted by molar-refractivity contribution is -0.344. The van der Waals surface area contributed by atoms with E-state index < -0.39 is 113 Å². The monoisotopic (exact) mass is 892 g/mol. The van der Waals surface area contributed by atoms with Gasteiger partial charge in [0.1, 0.15) is 23.9 Å². The van der Waals surface area contributed by atoms with Crippen molar-refractivity contribution in [3.05, 3.63) is 119 Å². The van der Waals surface area contributed by atoms with Crippen LogP contribution in [0.4, 0.5) is 0 Å². The van der Waals surface area contributed by atoms with Gasteiger partial charge in [-0.05, 0) is 54.8 Å². The number of hydrogen-bond acceptors (Lipinski definition) is 14. The molecule has 11 atom stereocenters. The van der Waals surface area contributed by atoms with Crippen molar-refractivity contribution in [2.75, 3.05) is 6.61 Å². The van der Waals surface area contributed by atoms with Crippen molar-refractivity contribution >= 4 is 43.0 Å². The molecule has 7 rings (SSSR count). The molecule has 15 nitrogen and oxygen atoms in total. The number of nitrogens with one attached hydrogen (secondary N) is 1. The van der Waals surface area contributed by atoms with Crippen LogP contribution in [-0.4, -0.2) is 108 Å². The van der Waals surface area contributed by atoms with E-state index in [4.69, 9.17) is 28.3 Å². The molecule has 343 valence electrons. The molecule has 3 N–H and O–H groups in total. The van der Waals surface area contributed by atoms with E-state index >= 15 is 4.79 Å². The third-order valence-corrected chi connectivity index (χ3v) is 13.9. The molecule has 4 aliphatic rings. The average molecular weight is 893 g/mol. The van der Waals surface area contributed by atoms with Crippen LogP contribution in [0.2, 0.25) is 6.32 Å². The lowest BCUT2D eigenvalue weighted by Crippen LogP contribution is -2.82. The Morgan fingerprint density at radius 3 is 2.02 bits per heavy atom. The molecule has 65 heavy (non-hydrogen) atoms. The predicted molar refractivity (Wildman–Crippen MR) is 233 cm³/mol. The van der Waals surface area contributed by atoms with E-state index in [0.717, 1.165) is 6.92 Å². The van der Waals surface area contributed by atoms with Crippen molar-refractivity contribution in [2.45, 2.75) is 121 Å². The average Bonchev–Trinajstić information content (AvgIpc) is 3.27. The maximum Gasteiger partial charge on any atom is 0.338 e. The van der Waals surface area contributed by atoms with Crippen LogP contribution in [-0.2, 0) is 47.5 Å². The number of benzene rings is 3. The number of hydrogen-bond donors (Lipinski definition) is 3. The van der Waals surface area contributed by atoms with Crippen LogP contribution in [0, 0.1) is 16.7 Å². The molecular weight excluding hydrogens is 837 g/mol. The number of fused-ring (bicyclic) bond motifs is 5. The number of esters is 4. The van der Waals surface area contributed by atoms with Gasteiger partial charge in [0, 0.05) is 37.7 Å². The Hall–Kier alpha value is -5.68. The summed E-state index contributed by atoms with van der Waals surface area (Å²) in [5.41, 5.74) is -6.53. The molecule has 0 spiro atoms. The van der Waals surface area contributed by atoms with Gasteiger partial charge in [-0.15, -0.1) is 0 Å². The highest BCUT2D eigenvalue weighted by Gasteiger charge is 2.78. The zero-order valence-electron chi connectivity index (χ0n) is 37.5.